The molecule has 6 nitrogen and oxygen atoms in total. The van der Waals surface area contributed by atoms with Crippen LogP contribution in [0.15, 0.2) is 23.3 Å². The van der Waals surface area contributed by atoms with Crippen molar-refractivity contribution in [3.05, 3.63) is 23.9 Å². The second-order valence-electron chi connectivity index (χ2n) is 6.30. The van der Waals surface area contributed by atoms with Crippen LogP contribution in [-0.4, -0.2) is 68.3 Å². The molecule has 2 rings (SSSR count). The Morgan fingerprint density at radius 3 is 2.50 bits per heavy atom. The summed E-state index contributed by atoms with van der Waals surface area (Å²) in [6.45, 7) is 6.55. The van der Waals surface area contributed by atoms with Gasteiger partial charge in [0.05, 0.1) is 13.0 Å². The van der Waals surface area contributed by atoms with E-state index in [9.17, 15) is 13.2 Å². The third kappa shape index (κ3) is 7.07. The molecule has 9 heteroatoms. The van der Waals surface area contributed by atoms with E-state index in [1.807, 2.05) is 19.1 Å². The van der Waals surface area contributed by atoms with Gasteiger partial charge in [0.15, 0.2) is 5.96 Å². The van der Waals surface area contributed by atoms with Crippen molar-refractivity contribution in [2.45, 2.75) is 26.1 Å². The first-order valence-corrected chi connectivity index (χ1v) is 8.84. The Balaban J connectivity index is 1.87. The lowest BCUT2D eigenvalue weighted by molar-refractivity contribution is -0.132. The first-order chi connectivity index (χ1) is 12.4. The summed E-state index contributed by atoms with van der Waals surface area (Å²) in [5.74, 6) is 1.32. The molecule has 0 bridgehead atoms. The summed E-state index contributed by atoms with van der Waals surface area (Å²) in [4.78, 5) is 13.3. The number of piperazine rings is 1. The monoisotopic (exact) mass is 372 g/mol. The van der Waals surface area contributed by atoms with Gasteiger partial charge in [-0.2, -0.15) is 13.2 Å². The van der Waals surface area contributed by atoms with E-state index in [0.717, 1.165) is 37.6 Å². The lowest BCUT2D eigenvalue weighted by atomic mass is 10.2. The molecule has 1 aliphatic heterocycles. The molecule has 1 aromatic rings. The van der Waals surface area contributed by atoms with Gasteiger partial charge in [0.2, 0.25) is 0 Å². The summed E-state index contributed by atoms with van der Waals surface area (Å²) in [7, 11) is 2.11. The summed E-state index contributed by atoms with van der Waals surface area (Å²) in [5.41, 5.74) is 0.913. The largest absolute Gasteiger partial charge is 0.390 e. The molecule has 0 radical (unpaired) electrons. The summed E-state index contributed by atoms with van der Waals surface area (Å²) >= 11 is 0. The maximum absolute atomic E-state index is 12.2. The van der Waals surface area contributed by atoms with Crippen LogP contribution in [0.2, 0.25) is 0 Å². The SMILES string of the molecule is CCNC(=NCc1ccc(N2CCN(C)CC2)nc1)NCCC(F)(F)F. The van der Waals surface area contributed by atoms with Crippen LogP contribution in [-0.2, 0) is 6.54 Å². The minimum absolute atomic E-state index is 0.198. The maximum atomic E-state index is 12.2. The molecule has 26 heavy (non-hydrogen) atoms. The van der Waals surface area contributed by atoms with E-state index >= 15 is 0 Å². The molecule has 2 heterocycles. The number of anilines is 1. The van der Waals surface area contributed by atoms with Gasteiger partial charge >= 0.3 is 6.18 Å². The van der Waals surface area contributed by atoms with E-state index in [4.69, 9.17) is 0 Å². The van der Waals surface area contributed by atoms with Crippen molar-refractivity contribution in [1.82, 2.24) is 20.5 Å². The quantitative estimate of drug-likeness (QED) is 0.590. The second kappa shape index (κ2) is 9.61. The Hall–Kier alpha value is -2.03. The van der Waals surface area contributed by atoms with Crippen molar-refractivity contribution in [2.24, 2.45) is 4.99 Å². The highest BCUT2D eigenvalue weighted by Crippen LogP contribution is 2.18. The van der Waals surface area contributed by atoms with Gasteiger partial charge in [-0.15, -0.1) is 0 Å². The van der Waals surface area contributed by atoms with E-state index in [1.54, 1.807) is 6.20 Å². The van der Waals surface area contributed by atoms with Gasteiger partial charge in [-0.25, -0.2) is 9.98 Å². The van der Waals surface area contributed by atoms with Gasteiger partial charge in [-0.3, -0.25) is 0 Å². The highest BCUT2D eigenvalue weighted by molar-refractivity contribution is 5.79. The van der Waals surface area contributed by atoms with E-state index in [2.05, 4.69) is 37.5 Å². The smallest absolute Gasteiger partial charge is 0.357 e. The van der Waals surface area contributed by atoms with Crippen LogP contribution in [0.4, 0.5) is 19.0 Å². The fraction of sp³-hybridized carbons (Fsp3) is 0.647. The maximum Gasteiger partial charge on any atom is 0.390 e. The van der Waals surface area contributed by atoms with Gasteiger partial charge in [-0.05, 0) is 25.6 Å². The number of nitrogens with zero attached hydrogens (tertiary/aromatic N) is 4. The van der Waals surface area contributed by atoms with Crippen LogP contribution in [0.25, 0.3) is 0 Å². The summed E-state index contributed by atoms with van der Waals surface area (Å²) in [6, 6.07) is 3.93. The number of aliphatic imine (C=N–C) groups is 1. The molecule has 146 valence electrons. The average Bonchev–Trinajstić information content (AvgIpc) is 2.60. The van der Waals surface area contributed by atoms with Crippen LogP contribution in [0, 0.1) is 0 Å². The number of halogens is 3. The average molecular weight is 372 g/mol. The summed E-state index contributed by atoms with van der Waals surface area (Å²) in [5, 5.41) is 5.64. The van der Waals surface area contributed by atoms with E-state index in [-0.39, 0.29) is 6.54 Å². The number of pyridine rings is 1. The molecular formula is C17H27F3N6. The molecule has 1 aliphatic rings. The highest BCUT2D eigenvalue weighted by atomic mass is 19.4. The number of alkyl halides is 3. The fourth-order valence-electron chi connectivity index (χ4n) is 2.57. The highest BCUT2D eigenvalue weighted by Gasteiger charge is 2.26. The number of rotatable bonds is 6. The number of guanidine groups is 1. The third-order valence-corrected chi connectivity index (χ3v) is 4.10. The summed E-state index contributed by atoms with van der Waals surface area (Å²) < 4.78 is 36.7. The normalized spacial score (nSPS) is 16.7. The van der Waals surface area contributed by atoms with E-state index < -0.39 is 12.6 Å². The lowest BCUT2D eigenvalue weighted by Gasteiger charge is -2.33. The zero-order valence-electron chi connectivity index (χ0n) is 15.3. The molecule has 0 spiro atoms. The minimum atomic E-state index is -4.17. The van der Waals surface area contributed by atoms with Crippen molar-refractivity contribution < 1.29 is 13.2 Å². The molecule has 0 unspecified atom stereocenters. The van der Waals surface area contributed by atoms with E-state index in [1.165, 1.54) is 0 Å². The molecule has 2 N–H and O–H groups in total. The van der Waals surface area contributed by atoms with Gasteiger partial charge < -0.3 is 20.4 Å². The number of nitrogens with one attached hydrogen (secondary N) is 2. The zero-order valence-corrected chi connectivity index (χ0v) is 15.3. The fourth-order valence-corrected chi connectivity index (χ4v) is 2.57. The van der Waals surface area contributed by atoms with Crippen molar-refractivity contribution in [3.8, 4) is 0 Å². The Labute approximate surface area is 152 Å². The molecule has 0 aromatic carbocycles. The Kier molecular flexibility index (Phi) is 7.50. The first kappa shape index (κ1) is 20.3. The van der Waals surface area contributed by atoms with Crippen molar-refractivity contribution in [1.29, 1.82) is 0 Å². The second-order valence-corrected chi connectivity index (χ2v) is 6.30. The number of likely N-dealkylation sites (N-methyl/N-ethyl adjacent to an activating group) is 1. The third-order valence-electron chi connectivity index (χ3n) is 4.10. The summed E-state index contributed by atoms with van der Waals surface area (Å²) in [6.07, 6.45) is -3.29. The molecule has 0 atom stereocenters. The molecule has 0 aliphatic carbocycles. The number of hydrogen-bond donors (Lipinski definition) is 2. The van der Waals surface area contributed by atoms with Crippen LogP contribution in [0.3, 0.4) is 0 Å². The molecule has 1 aromatic heterocycles. The van der Waals surface area contributed by atoms with Crippen LogP contribution < -0.4 is 15.5 Å². The van der Waals surface area contributed by atoms with Crippen molar-refractivity contribution in [2.75, 3.05) is 51.2 Å². The zero-order chi connectivity index (χ0) is 19.0. The predicted molar refractivity (Wildman–Crippen MR) is 97.4 cm³/mol. The topological polar surface area (TPSA) is 55.8 Å². The number of hydrogen-bond acceptors (Lipinski definition) is 4. The van der Waals surface area contributed by atoms with Crippen LogP contribution in [0.1, 0.15) is 18.9 Å². The molecule has 1 fully saturated rings. The van der Waals surface area contributed by atoms with E-state index in [0.29, 0.717) is 19.0 Å². The standard InChI is InChI=1S/C17H27F3N6/c1-3-21-16(22-7-6-17(18,19)20)24-13-14-4-5-15(23-12-14)26-10-8-25(2)9-11-26/h4-5,12H,3,6-11,13H2,1-2H3,(H2,21,22,24). The molecular weight excluding hydrogens is 345 g/mol. The Morgan fingerprint density at radius 1 is 1.19 bits per heavy atom. The molecule has 1 saturated heterocycles. The van der Waals surface area contributed by atoms with Gasteiger partial charge in [-0.1, -0.05) is 6.07 Å². The lowest BCUT2D eigenvalue weighted by Crippen LogP contribution is -2.44. The first-order valence-electron chi connectivity index (χ1n) is 8.84. The van der Waals surface area contributed by atoms with Crippen LogP contribution >= 0.6 is 0 Å². The van der Waals surface area contributed by atoms with Crippen molar-refractivity contribution >= 4 is 11.8 Å². The number of aromatic nitrogens is 1. The van der Waals surface area contributed by atoms with Crippen LogP contribution in [0.5, 0.6) is 0 Å². The predicted octanol–water partition coefficient (Wildman–Crippen LogP) is 1.84. The Bertz CT molecular complexity index is 565. The van der Waals surface area contributed by atoms with Crippen molar-refractivity contribution in [3.63, 3.8) is 0 Å². The molecule has 0 saturated carbocycles. The van der Waals surface area contributed by atoms with Gasteiger partial charge in [0.25, 0.3) is 0 Å². The van der Waals surface area contributed by atoms with Gasteiger partial charge in [0.1, 0.15) is 5.82 Å². The van der Waals surface area contributed by atoms with Gasteiger partial charge in [0, 0.05) is 45.5 Å². The Morgan fingerprint density at radius 2 is 1.92 bits per heavy atom. The minimum Gasteiger partial charge on any atom is -0.357 e. The molecule has 0 amide bonds.